The van der Waals surface area contributed by atoms with E-state index in [0.29, 0.717) is 0 Å². The van der Waals surface area contributed by atoms with E-state index >= 15 is 0 Å². The van der Waals surface area contributed by atoms with Crippen molar-refractivity contribution in [2.24, 2.45) is 0 Å². The Hall–Kier alpha value is -1.78. The monoisotopic (exact) mass is 340 g/mol. The summed E-state index contributed by atoms with van der Waals surface area (Å²) >= 11 is 1.82. The van der Waals surface area contributed by atoms with E-state index in [9.17, 15) is 4.79 Å². The average molecular weight is 340 g/mol. The molecule has 0 N–H and O–H groups in total. The number of likely N-dealkylation sites (N-methyl/N-ethyl adjacent to an activating group) is 1. The molecule has 1 aliphatic heterocycles. The van der Waals surface area contributed by atoms with Gasteiger partial charge in [0.1, 0.15) is 0 Å². The van der Waals surface area contributed by atoms with Crippen molar-refractivity contribution in [3.63, 3.8) is 0 Å². The maximum atomic E-state index is 12.7. The van der Waals surface area contributed by atoms with E-state index < -0.39 is 0 Å². The van der Waals surface area contributed by atoms with E-state index in [1.54, 1.807) is 0 Å². The second-order valence-corrected chi connectivity index (χ2v) is 7.30. The summed E-state index contributed by atoms with van der Waals surface area (Å²) < 4.78 is 0. The minimum absolute atomic E-state index is 0.160. The molecule has 0 aromatic heterocycles. The van der Waals surface area contributed by atoms with Gasteiger partial charge in [-0.1, -0.05) is 30.3 Å². The maximum Gasteiger partial charge on any atom is 0.253 e. The van der Waals surface area contributed by atoms with Crippen molar-refractivity contribution >= 4 is 17.7 Å². The lowest BCUT2D eigenvalue weighted by Gasteiger charge is -2.20. The molecule has 24 heavy (non-hydrogen) atoms. The Morgan fingerprint density at radius 2 is 1.71 bits per heavy atom. The summed E-state index contributed by atoms with van der Waals surface area (Å²) in [6, 6.07) is 18.5. The van der Waals surface area contributed by atoms with Crippen LogP contribution < -0.4 is 0 Å². The van der Waals surface area contributed by atoms with Gasteiger partial charge in [0.2, 0.25) is 0 Å². The van der Waals surface area contributed by atoms with Crippen LogP contribution in [0.15, 0.2) is 59.5 Å². The largest absolute Gasteiger partial charge is 0.337 e. The average Bonchev–Trinajstić information content (AvgIpc) is 2.85. The van der Waals surface area contributed by atoms with Crippen molar-refractivity contribution in [3.8, 4) is 0 Å². The quantitative estimate of drug-likeness (QED) is 0.792. The fraction of sp³-hybridized carbons (Fsp3) is 0.350. The van der Waals surface area contributed by atoms with Gasteiger partial charge in [0, 0.05) is 35.8 Å². The summed E-state index contributed by atoms with van der Waals surface area (Å²) in [5, 5.41) is 0. The van der Waals surface area contributed by atoms with Gasteiger partial charge in [-0.25, -0.2) is 0 Å². The Kier molecular flexibility index (Phi) is 5.94. The highest BCUT2D eigenvalue weighted by molar-refractivity contribution is 7.98. The zero-order valence-electron chi connectivity index (χ0n) is 14.1. The molecule has 1 aliphatic rings. The molecular formula is C20H24N2OS. The number of hydrogen-bond donors (Lipinski definition) is 0. The summed E-state index contributed by atoms with van der Waals surface area (Å²) in [5.74, 6) is 1.08. The first-order valence-electron chi connectivity index (χ1n) is 8.47. The normalized spacial score (nSPS) is 16.0. The first-order chi connectivity index (χ1) is 11.7. The van der Waals surface area contributed by atoms with Gasteiger partial charge < -0.3 is 9.80 Å². The van der Waals surface area contributed by atoms with Gasteiger partial charge in [-0.3, -0.25) is 4.79 Å². The van der Waals surface area contributed by atoms with Crippen molar-refractivity contribution in [2.45, 2.75) is 17.1 Å². The summed E-state index contributed by atoms with van der Waals surface area (Å²) in [4.78, 5) is 18.2. The predicted molar refractivity (Wildman–Crippen MR) is 100 cm³/mol. The van der Waals surface area contributed by atoms with Gasteiger partial charge >= 0.3 is 0 Å². The second kappa shape index (κ2) is 8.36. The number of carbonyl (C=O) groups excluding carboxylic acids is 1. The fourth-order valence-corrected chi connectivity index (χ4v) is 3.73. The van der Waals surface area contributed by atoms with Gasteiger partial charge in [-0.2, -0.15) is 0 Å². The number of nitrogens with zero attached hydrogens (tertiary/aromatic N) is 2. The lowest BCUT2D eigenvalue weighted by molar-refractivity contribution is 0.0763. The molecule has 0 aliphatic carbocycles. The second-order valence-electron chi connectivity index (χ2n) is 6.25. The van der Waals surface area contributed by atoms with Gasteiger partial charge in [0.15, 0.2) is 0 Å². The number of hydrogen-bond acceptors (Lipinski definition) is 3. The van der Waals surface area contributed by atoms with Crippen molar-refractivity contribution < 1.29 is 4.79 Å². The molecule has 126 valence electrons. The third kappa shape index (κ3) is 4.62. The third-order valence-electron chi connectivity index (χ3n) is 4.36. The number of rotatable bonds is 4. The molecule has 1 saturated heterocycles. The summed E-state index contributed by atoms with van der Waals surface area (Å²) in [6.45, 7) is 3.70. The van der Waals surface area contributed by atoms with Gasteiger partial charge in [-0.05, 0) is 49.8 Å². The summed E-state index contributed by atoms with van der Waals surface area (Å²) in [7, 11) is 2.12. The highest BCUT2D eigenvalue weighted by Gasteiger charge is 2.18. The molecule has 0 saturated carbocycles. The fourth-order valence-electron chi connectivity index (χ4n) is 2.86. The minimum atomic E-state index is 0.160. The van der Waals surface area contributed by atoms with Crippen molar-refractivity contribution in [1.29, 1.82) is 0 Å². The molecule has 2 aromatic rings. The molecule has 2 aromatic carbocycles. The zero-order valence-corrected chi connectivity index (χ0v) is 15.0. The molecule has 3 nitrogen and oxygen atoms in total. The smallest absolute Gasteiger partial charge is 0.253 e. The zero-order chi connectivity index (χ0) is 16.8. The molecular weight excluding hydrogens is 316 g/mol. The highest BCUT2D eigenvalue weighted by Crippen LogP contribution is 2.22. The first-order valence-corrected chi connectivity index (χ1v) is 9.45. The molecule has 3 rings (SSSR count). The lowest BCUT2D eigenvalue weighted by Crippen LogP contribution is -2.34. The minimum Gasteiger partial charge on any atom is -0.337 e. The number of amides is 1. The third-order valence-corrected chi connectivity index (χ3v) is 5.44. The van der Waals surface area contributed by atoms with E-state index in [2.05, 4.69) is 48.3 Å². The number of benzene rings is 2. The van der Waals surface area contributed by atoms with E-state index in [1.165, 1.54) is 10.5 Å². The lowest BCUT2D eigenvalue weighted by atomic mass is 10.1. The Labute approximate surface area is 148 Å². The van der Waals surface area contributed by atoms with Crippen molar-refractivity contribution in [1.82, 2.24) is 9.80 Å². The molecule has 0 bridgehead atoms. The van der Waals surface area contributed by atoms with Crippen LogP contribution in [-0.2, 0) is 5.75 Å². The standard InChI is InChI=1S/C20H24N2OS/c1-21-12-5-13-22(15-14-21)20(23)18-10-8-17(9-11-18)16-24-19-6-3-2-4-7-19/h2-4,6-11H,5,12-16H2,1H3. The highest BCUT2D eigenvalue weighted by atomic mass is 32.2. The van der Waals surface area contributed by atoms with Crippen LogP contribution in [0.5, 0.6) is 0 Å². The Morgan fingerprint density at radius 3 is 2.46 bits per heavy atom. The Bertz CT molecular complexity index is 657. The molecule has 1 fully saturated rings. The first kappa shape index (κ1) is 17.1. The SMILES string of the molecule is CN1CCCN(C(=O)c2ccc(CSc3ccccc3)cc2)CC1. The van der Waals surface area contributed by atoms with Crippen molar-refractivity contribution in [3.05, 3.63) is 65.7 Å². The van der Waals surface area contributed by atoms with Crippen LogP contribution in [0, 0.1) is 0 Å². The molecule has 0 unspecified atom stereocenters. The molecule has 1 amide bonds. The van der Waals surface area contributed by atoms with Gasteiger partial charge in [0.05, 0.1) is 0 Å². The number of carbonyl (C=O) groups is 1. The van der Waals surface area contributed by atoms with Crippen LogP contribution in [0.2, 0.25) is 0 Å². The molecule has 0 spiro atoms. The molecule has 4 heteroatoms. The van der Waals surface area contributed by atoms with Gasteiger partial charge in [0.25, 0.3) is 5.91 Å². The Balaban J connectivity index is 1.58. The van der Waals surface area contributed by atoms with Crippen LogP contribution in [0.25, 0.3) is 0 Å². The van der Waals surface area contributed by atoms with E-state index in [1.807, 2.05) is 34.9 Å². The topological polar surface area (TPSA) is 23.6 Å². The Morgan fingerprint density at radius 1 is 0.958 bits per heavy atom. The van der Waals surface area contributed by atoms with Crippen LogP contribution >= 0.6 is 11.8 Å². The molecule has 0 atom stereocenters. The van der Waals surface area contributed by atoms with Crippen LogP contribution in [-0.4, -0.2) is 48.9 Å². The van der Waals surface area contributed by atoms with E-state index in [4.69, 9.17) is 0 Å². The molecule has 0 radical (unpaired) electrons. The molecule has 1 heterocycles. The summed E-state index contributed by atoms with van der Waals surface area (Å²) in [5.41, 5.74) is 2.05. The predicted octanol–water partition coefficient (Wildman–Crippen LogP) is 3.76. The van der Waals surface area contributed by atoms with Gasteiger partial charge in [-0.15, -0.1) is 11.8 Å². The van der Waals surface area contributed by atoms with E-state index in [-0.39, 0.29) is 5.91 Å². The number of thioether (sulfide) groups is 1. The van der Waals surface area contributed by atoms with E-state index in [0.717, 1.165) is 43.9 Å². The maximum absolute atomic E-state index is 12.7. The van der Waals surface area contributed by atoms with Crippen LogP contribution in [0.4, 0.5) is 0 Å². The van der Waals surface area contributed by atoms with Crippen LogP contribution in [0.1, 0.15) is 22.3 Å². The van der Waals surface area contributed by atoms with Crippen LogP contribution in [0.3, 0.4) is 0 Å². The van der Waals surface area contributed by atoms with Crippen molar-refractivity contribution in [2.75, 3.05) is 33.2 Å². The summed E-state index contributed by atoms with van der Waals surface area (Å²) in [6.07, 6.45) is 1.05.